The molecule has 3 N–H and O–H groups in total. The molecule has 0 aliphatic heterocycles. The first-order valence-corrected chi connectivity index (χ1v) is 6.39. The fraction of sp³-hybridized carbons (Fsp3) is 0.273. The minimum atomic E-state index is 0.160. The first-order valence-electron chi connectivity index (χ1n) is 6.39. The molecule has 108 valence electrons. The quantitative estimate of drug-likeness (QED) is 0.593. The summed E-state index contributed by atoms with van der Waals surface area (Å²) in [6.07, 6.45) is 9.31. The Balaban J connectivity index is 1.60. The predicted octanol–water partition coefficient (Wildman–Crippen LogP) is -0.267. The third-order valence-corrected chi connectivity index (χ3v) is 2.70. The largest absolute Gasteiger partial charge is 0.368 e. The normalized spacial score (nSPS) is 10.7. The summed E-state index contributed by atoms with van der Waals surface area (Å²) >= 11 is 0. The summed E-state index contributed by atoms with van der Waals surface area (Å²) in [5.74, 6) is 1.02. The minimum Gasteiger partial charge on any atom is -0.368 e. The van der Waals surface area contributed by atoms with Gasteiger partial charge >= 0.3 is 0 Å². The number of hydrogen-bond acceptors (Lipinski definition) is 8. The van der Waals surface area contributed by atoms with Crippen LogP contribution in [0, 0.1) is 0 Å². The maximum absolute atomic E-state index is 5.69. The molecule has 3 heterocycles. The second kappa shape index (κ2) is 5.94. The van der Waals surface area contributed by atoms with E-state index < -0.39 is 0 Å². The highest BCUT2D eigenvalue weighted by Gasteiger charge is 2.05. The lowest BCUT2D eigenvalue weighted by molar-refractivity contribution is 0.569. The molecule has 0 spiro atoms. The van der Waals surface area contributed by atoms with Crippen molar-refractivity contribution >= 4 is 11.9 Å². The van der Waals surface area contributed by atoms with Gasteiger partial charge in [0.2, 0.25) is 17.8 Å². The van der Waals surface area contributed by atoms with E-state index in [1.165, 1.54) is 0 Å². The lowest BCUT2D eigenvalue weighted by Crippen LogP contribution is -2.13. The zero-order valence-corrected chi connectivity index (χ0v) is 11.2. The topological polar surface area (TPSA) is 125 Å². The molecule has 10 heteroatoms. The zero-order valence-electron chi connectivity index (χ0n) is 11.2. The number of nitrogens with one attached hydrogen (secondary N) is 1. The average molecular weight is 286 g/mol. The van der Waals surface area contributed by atoms with E-state index in [2.05, 4.69) is 35.6 Å². The SMILES string of the molecule is Nc1nc(NCCCn2ccnn2)nc(-n2ccnc2)n1. The number of imidazole rings is 1. The van der Waals surface area contributed by atoms with E-state index in [-0.39, 0.29) is 5.95 Å². The van der Waals surface area contributed by atoms with Gasteiger partial charge < -0.3 is 11.1 Å². The van der Waals surface area contributed by atoms with Crippen molar-refractivity contribution in [2.24, 2.45) is 0 Å². The van der Waals surface area contributed by atoms with Crippen molar-refractivity contribution in [3.8, 4) is 5.95 Å². The van der Waals surface area contributed by atoms with Gasteiger partial charge in [0.05, 0.1) is 6.20 Å². The van der Waals surface area contributed by atoms with Crippen LogP contribution >= 0.6 is 0 Å². The fourth-order valence-electron chi connectivity index (χ4n) is 1.75. The van der Waals surface area contributed by atoms with Gasteiger partial charge in [0.25, 0.3) is 0 Å². The molecule has 0 aromatic carbocycles. The molecule has 0 aliphatic rings. The number of nitrogens with zero attached hydrogens (tertiary/aromatic N) is 8. The molecule has 3 aromatic rings. The molecule has 0 radical (unpaired) electrons. The number of aryl methyl sites for hydroxylation is 1. The summed E-state index contributed by atoms with van der Waals surface area (Å²) in [6.45, 7) is 1.45. The van der Waals surface area contributed by atoms with Crippen LogP contribution in [0.25, 0.3) is 5.95 Å². The number of hydrogen-bond donors (Lipinski definition) is 2. The maximum atomic E-state index is 5.69. The van der Waals surface area contributed by atoms with Crippen LogP contribution < -0.4 is 11.1 Å². The summed E-state index contributed by atoms with van der Waals surface area (Å²) in [4.78, 5) is 16.3. The molecule has 0 unspecified atom stereocenters. The van der Waals surface area contributed by atoms with Gasteiger partial charge in [-0.3, -0.25) is 9.25 Å². The Kier molecular flexibility index (Phi) is 3.67. The maximum Gasteiger partial charge on any atom is 0.241 e. The van der Waals surface area contributed by atoms with Gasteiger partial charge in [-0.2, -0.15) is 15.0 Å². The molecule has 0 atom stereocenters. The molecule has 0 saturated heterocycles. The van der Waals surface area contributed by atoms with Crippen LogP contribution in [0.3, 0.4) is 0 Å². The highest BCUT2D eigenvalue weighted by atomic mass is 15.4. The minimum absolute atomic E-state index is 0.160. The van der Waals surface area contributed by atoms with E-state index in [1.54, 1.807) is 34.2 Å². The van der Waals surface area contributed by atoms with E-state index >= 15 is 0 Å². The van der Waals surface area contributed by atoms with E-state index in [1.807, 2.05) is 6.20 Å². The Bertz CT molecular complexity index is 675. The van der Waals surface area contributed by atoms with E-state index in [9.17, 15) is 0 Å². The monoisotopic (exact) mass is 286 g/mol. The van der Waals surface area contributed by atoms with Gasteiger partial charge in [-0.05, 0) is 6.42 Å². The van der Waals surface area contributed by atoms with Crippen molar-refractivity contribution in [2.75, 3.05) is 17.6 Å². The summed E-state index contributed by atoms with van der Waals surface area (Å²) in [5, 5.41) is 10.7. The van der Waals surface area contributed by atoms with Crippen LogP contribution in [0.5, 0.6) is 0 Å². The first kappa shape index (κ1) is 13.0. The molecular weight excluding hydrogens is 272 g/mol. The van der Waals surface area contributed by atoms with Crippen LogP contribution in [0.4, 0.5) is 11.9 Å². The third-order valence-electron chi connectivity index (χ3n) is 2.70. The summed E-state index contributed by atoms with van der Waals surface area (Å²) < 4.78 is 3.43. The number of anilines is 2. The third kappa shape index (κ3) is 3.29. The lowest BCUT2D eigenvalue weighted by Gasteiger charge is -2.07. The Labute approximate surface area is 120 Å². The Morgan fingerprint density at radius 1 is 1.14 bits per heavy atom. The number of nitrogen functional groups attached to an aromatic ring is 1. The fourth-order valence-corrected chi connectivity index (χ4v) is 1.75. The van der Waals surface area contributed by atoms with Gasteiger partial charge in [0.1, 0.15) is 6.33 Å². The Morgan fingerprint density at radius 3 is 2.86 bits per heavy atom. The Hall–Kier alpha value is -3.04. The van der Waals surface area contributed by atoms with Gasteiger partial charge in [0, 0.05) is 31.7 Å². The van der Waals surface area contributed by atoms with Crippen LogP contribution in [-0.4, -0.2) is 46.0 Å². The zero-order chi connectivity index (χ0) is 14.5. The van der Waals surface area contributed by atoms with Crippen LogP contribution in [0.15, 0.2) is 31.1 Å². The van der Waals surface area contributed by atoms with E-state index in [4.69, 9.17) is 5.73 Å². The first-order chi connectivity index (χ1) is 10.3. The molecule has 3 rings (SSSR count). The van der Waals surface area contributed by atoms with Crippen LogP contribution in [0.1, 0.15) is 6.42 Å². The van der Waals surface area contributed by atoms with Gasteiger partial charge in [0.15, 0.2) is 0 Å². The molecular formula is C11H14N10. The second-order valence-corrected chi connectivity index (χ2v) is 4.23. The van der Waals surface area contributed by atoms with Gasteiger partial charge in [-0.25, -0.2) is 4.98 Å². The van der Waals surface area contributed by atoms with Crippen molar-refractivity contribution in [3.63, 3.8) is 0 Å². The van der Waals surface area contributed by atoms with Gasteiger partial charge in [-0.1, -0.05) is 5.21 Å². The van der Waals surface area contributed by atoms with Crippen molar-refractivity contribution in [3.05, 3.63) is 31.1 Å². The number of nitrogens with two attached hydrogens (primary N) is 1. The van der Waals surface area contributed by atoms with Crippen molar-refractivity contribution in [1.29, 1.82) is 0 Å². The van der Waals surface area contributed by atoms with E-state index in [0.29, 0.717) is 18.4 Å². The highest BCUT2D eigenvalue weighted by Crippen LogP contribution is 2.06. The standard InChI is InChI=1S/C11H14N10/c12-9-16-10(14-2-1-5-21-7-4-15-19-21)18-11(17-9)20-6-3-13-8-20/h3-4,6-8H,1-2,5H2,(H3,12,14,16,17,18). The van der Waals surface area contributed by atoms with Crippen molar-refractivity contribution in [1.82, 2.24) is 39.5 Å². The molecule has 0 aliphatic carbocycles. The molecule has 0 fully saturated rings. The molecule has 0 saturated carbocycles. The lowest BCUT2D eigenvalue weighted by atomic mass is 10.4. The van der Waals surface area contributed by atoms with Crippen molar-refractivity contribution < 1.29 is 0 Å². The van der Waals surface area contributed by atoms with Crippen LogP contribution in [0.2, 0.25) is 0 Å². The summed E-state index contributed by atoms with van der Waals surface area (Å²) in [6, 6.07) is 0. The second-order valence-electron chi connectivity index (χ2n) is 4.23. The average Bonchev–Trinajstić information content (AvgIpc) is 3.16. The Morgan fingerprint density at radius 2 is 2.10 bits per heavy atom. The molecule has 0 bridgehead atoms. The van der Waals surface area contributed by atoms with Gasteiger partial charge in [-0.15, -0.1) is 5.10 Å². The summed E-state index contributed by atoms with van der Waals surface area (Å²) in [5.41, 5.74) is 5.69. The summed E-state index contributed by atoms with van der Waals surface area (Å²) in [7, 11) is 0. The number of rotatable bonds is 6. The smallest absolute Gasteiger partial charge is 0.241 e. The number of aromatic nitrogens is 8. The van der Waals surface area contributed by atoms with Crippen molar-refractivity contribution in [2.45, 2.75) is 13.0 Å². The van der Waals surface area contributed by atoms with Crippen LogP contribution in [-0.2, 0) is 6.54 Å². The molecule has 10 nitrogen and oxygen atoms in total. The molecule has 3 aromatic heterocycles. The molecule has 21 heavy (non-hydrogen) atoms. The highest BCUT2D eigenvalue weighted by molar-refractivity contribution is 5.34. The predicted molar refractivity (Wildman–Crippen MR) is 74.5 cm³/mol. The molecule has 0 amide bonds. The van der Waals surface area contributed by atoms with E-state index in [0.717, 1.165) is 13.0 Å².